The summed E-state index contributed by atoms with van der Waals surface area (Å²) in [5, 5.41) is -0.0885. The third-order valence-electron chi connectivity index (χ3n) is 7.14. The first-order valence-electron chi connectivity index (χ1n) is 12.2. The van der Waals surface area contributed by atoms with E-state index >= 15 is 0 Å². The standard InChI is InChI=1S/C28H38O7Si/c1-27(2,3)36(6,7)35-24-23(18-32-17-20-13-15-22(31-5)16-14-20)34-26(30)28(24,4)19-33-25(29)21-11-9-8-10-12-21/h8-16,23-24H,17-19H2,1-7H3/t23-,24-,28-/m1/s1. The number of methoxy groups -OCH3 is 1. The average Bonchev–Trinajstić information content (AvgIpc) is 3.07. The molecule has 0 bridgehead atoms. The highest BCUT2D eigenvalue weighted by molar-refractivity contribution is 6.74. The van der Waals surface area contributed by atoms with Crippen LogP contribution in [0.1, 0.15) is 43.6 Å². The molecule has 196 valence electrons. The average molecular weight is 515 g/mol. The van der Waals surface area contributed by atoms with Crippen molar-refractivity contribution in [3.8, 4) is 5.75 Å². The van der Waals surface area contributed by atoms with Gasteiger partial charge in [0.1, 0.15) is 23.9 Å². The Balaban J connectivity index is 1.75. The van der Waals surface area contributed by atoms with Crippen LogP contribution < -0.4 is 4.74 Å². The lowest BCUT2D eigenvalue weighted by Crippen LogP contribution is -2.52. The molecule has 1 aliphatic rings. The largest absolute Gasteiger partial charge is 0.497 e. The van der Waals surface area contributed by atoms with Crippen molar-refractivity contribution in [1.29, 1.82) is 0 Å². The van der Waals surface area contributed by atoms with Gasteiger partial charge in [0.05, 0.1) is 25.9 Å². The van der Waals surface area contributed by atoms with Crippen LogP contribution in [0.3, 0.4) is 0 Å². The van der Waals surface area contributed by atoms with Gasteiger partial charge in [-0.1, -0.05) is 51.1 Å². The fraction of sp³-hybridized carbons (Fsp3) is 0.500. The molecule has 1 saturated heterocycles. The van der Waals surface area contributed by atoms with Crippen LogP contribution in [0.4, 0.5) is 0 Å². The van der Waals surface area contributed by atoms with Gasteiger partial charge in [0, 0.05) is 0 Å². The van der Waals surface area contributed by atoms with Gasteiger partial charge in [-0.3, -0.25) is 4.79 Å². The molecule has 8 heteroatoms. The molecule has 3 rings (SSSR count). The molecular formula is C28H38O7Si. The second-order valence-corrected chi connectivity index (χ2v) is 15.7. The Hall–Kier alpha value is -2.68. The molecule has 0 spiro atoms. The molecule has 0 aliphatic carbocycles. The van der Waals surface area contributed by atoms with Gasteiger partial charge in [0.15, 0.2) is 14.4 Å². The molecule has 2 aromatic rings. The number of esters is 2. The van der Waals surface area contributed by atoms with Gasteiger partial charge in [0.2, 0.25) is 0 Å². The molecule has 0 amide bonds. The number of hydrogen-bond donors (Lipinski definition) is 0. The summed E-state index contributed by atoms with van der Waals surface area (Å²) in [5.74, 6) is -0.174. The van der Waals surface area contributed by atoms with Crippen LogP contribution in [0.25, 0.3) is 0 Å². The molecule has 0 radical (unpaired) electrons. The second kappa shape index (κ2) is 11.1. The van der Waals surface area contributed by atoms with E-state index in [9.17, 15) is 9.59 Å². The molecule has 36 heavy (non-hydrogen) atoms. The molecule has 0 saturated carbocycles. The first-order valence-corrected chi connectivity index (χ1v) is 15.1. The monoisotopic (exact) mass is 514 g/mol. The second-order valence-electron chi connectivity index (χ2n) is 11.0. The van der Waals surface area contributed by atoms with E-state index in [1.54, 1.807) is 38.3 Å². The highest BCUT2D eigenvalue weighted by Crippen LogP contribution is 2.44. The zero-order chi connectivity index (χ0) is 26.6. The molecular weight excluding hydrogens is 476 g/mol. The Kier molecular flexibility index (Phi) is 8.64. The zero-order valence-corrected chi connectivity index (χ0v) is 23.3. The lowest BCUT2D eigenvalue weighted by Gasteiger charge is -2.42. The summed E-state index contributed by atoms with van der Waals surface area (Å²) < 4.78 is 29.3. The van der Waals surface area contributed by atoms with Gasteiger partial charge in [-0.25, -0.2) is 4.79 Å². The number of carbonyl (C=O) groups excluding carboxylic acids is 2. The van der Waals surface area contributed by atoms with Gasteiger partial charge >= 0.3 is 11.9 Å². The Morgan fingerprint density at radius 1 is 1.06 bits per heavy atom. The molecule has 7 nitrogen and oxygen atoms in total. The van der Waals surface area contributed by atoms with Crippen LogP contribution in [0.2, 0.25) is 18.1 Å². The molecule has 2 aromatic carbocycles. The number of ether oxygens (including phenoxy) is 4. The van der Waals surface area contributed by atoms with Gasteiger partial charge in [-0.2, -0.15) is 0 Å². The van der Waals surface area contributed by atoms with Crippen molar-refractivity contribution in [2.24, 2.45) is 5.41 Å². The van der Waals surface area contributed by atoms with E-state index in [1.165, 1.54) is 0 Å². The number of benzene rings is 2. The van der Waals surface area contributed by atoms with Gasteiger partial charge in [-0.05, 0) is 54.9 Å². The molecule has 0 N–H and O–H groups in total. The highest BCUT2D eigenvalue weighted by Gasteiger charge is 2.58. The van der Waals surface area contributed by atoms with E-state index < -0.39 is 37.9 Å². The van der Waals surface area contributed by atoms with Gasteiger partial charge < -0.3 is 23.4 Å². The molecule has 1 fully saturated rings. The van der Waals surface area contributed by atoms with Crippen molar-refractivity contribution in [2.45, 2.75) is 64.6 Å². The van der Waals surface area contributed by atoms with E-state index in [0.717, 1.165) is 11.3 Å². The number of cyclic esters (lactones) is 1. The first-order chi connectivity index (χ1) is 16.9. The molecule has 3 atom stereocenters. The van der Waals surface area contributed by atoms with E-state index in [-0.39, 0.29) is 18.3 Å². The van der Waals surface area contributed by atoms with Gasteiger partial charge in [0.25, 0.3) is 0 Å². The maximum absolute atomic E-state index is 13.2. The van der Waals surface area contributed by atoms with Crippen LogP contribution in [0.15, 0.2) is 54.6 Å². The Morgan fingerprint density at radius 3 is 2.28 bits per heavy atom. The van der Waals surface area contributed by atoms with Crippen LogP contribution >= 0.6 is 0 Å². The number of hydrogen-bond acceptors (Lipinski definition) is 7. The minimum atomic E-state index is -2.31. The van der Waals surface area contributed by atoms with Crippen LogP contribution in [-0.4, -0.2) is 52.8 Å². The Morgan fingerprint density at radius 2 is 1.69 bits per heavy atom. The Bertz CT molecular complexity index is 1030. The van der Waals surface area contributed by atoms with E-state index in [2.05, 4.69) is 33.9 Å². The normalized spacial score (nSPS) is 22.2. The van der Waals surface area contributed by atoms with Crippen LogP contribution in [-0.2, 0) is 30.0 Å². The lowest BCUT2D eigenvalue weighted by molar-refractivity contribution is -0.151. The quantitative estimate of drug-likeness (QED) is 0.311. The maximum atomic E-state index is 13.2. The summed E-state index contributed by atoms with van der Waals surface area (Å²) in [5.41, 5.74) is 0.240. The number of carbonyl (C=O) groups is 2. The van der Waals surface area contributed by atoms with Crippen molar-refractivity contribution in [1.82, 2.24) is 0 Å². The summed E-state index contributed by atoms with van der Waals surface area (Å²) in [6.07, 6.45) is -1.24. The first kappa shape index (κ1) is 27.9. The van der Waals surface area contributed by atoms with Gasteiger partial charge in [-0.15, -0.1) is 0 Å². The molecule has 1 aliphatic heterocycles. The Labute approximate surface area is 215 Å². The van der Waals surface area contributed by atoms with Crippen molar-refractivity contribution < 1.29 is 33.0 Å². The van der Waals surface area contributed by atoms with E-state index in [4.69, 9.17) is 23.4 Å². The predicted octanol–water partition coefficient (Wildman–Crippen LogP) is 5.39. The SMILES string of the molecule is COc1ccc(COC[C@H]2OC(=O)[C@](C)(COC(=O)c3ccccc3)[C@@H]2O[Si](C)(C)C(C)(C)C)cc1. The fourth-order valence-corrected chi connectivity index (χ4v) is 5.11. The molecule has 0 unspecified atom stereocenters. The van der Waals surface area contributed by atoms with Crippen molar-refractivity contribution in [3.63, 3.8) is 0 Å². The summed E-state index contributed by atoms with van der Waals surface area (Å²) in [7, 11) is -0.685. The zero-order valence-electron chi connectivity index (χ0n) is 22.3. The minimum Gasteiger partial charge on any atom is -0.497 e. The summed E-state index contributed by atoms with van der Waals surface area (Å²) >= 11 is 0. The van der Waals surface area contributed by atoms with Crippen molar-refractivity contribution in [2.75, 3.05) is 20.3 Å². The summed E-state index contributed by atoms with van der Waals surface area (Å²) in [6, 6.07) is 16.3. The predicted molar refractivity (Wildman–Crippen MR) is 139 cm³/mol. The highest BCUT2D eigenvalue weighted by atomic mass is 28.4. The lowest BCUT2D eigenvalue weighted by atomic mass is 9.85. The molecule has 1 heterocycles. The number of rotatable bonds is 10. The maximum Gasteiger partial charge on any atom is 0.338 e. The van der Waals surface area contributed by atoms with Crippen molar-refractivity contribution >= 4 is 20.3 Å². The smallest absolute Gasteiger partial charge is 0.338 e. The van der Waals surface area contributed by atoms with Crippen LogP contribution in [0.5, 0.6) is 5.75 Å². The van der Waals surface area contributed by atoms with E-state index in [0.29, 0.717) is 12.2 Å². The topological polar surface area (TPSA) is 80.3 Å². The van der Waals surface area contributed by atoms with Crippen molar-refractivity contribution in [3.05, 3.63) is 65.7 Å². The fourth-order valence-electron chi connectivity index (χ4n) is 3.71. The minimum absolute atomic E-state index is 0.0885. The summed E-state index contributed by atoms with van der Waals surface area (Å²) in [6.45, 7) is 12.8. The third kappa shape index (κ3) is 6.35. The molecule has 0 aromatic heterocycles. The van der Waals surface area contributed by atoms with E-state index in [1.807, 2.05) is 30.3 Å². The third-order valence-corrected chi connectivity index (χ3v) is 11.6. The van der Waals surface area contributed by atoms with Crippen LogP contribution in [0, 0.1) is 5.41 Å². The summed E-state index contributed by atoms with van der Waals surface area (Å²) in [4.78, 5) is 25.8.